The van der Waals surface area contributed by atoms with Gasteiger partial charge >= 0.3 is 0 Å². The molecule has 0 bridgehead atoms. The number of hydrogen-bond donors (Lipinski definition) is 1. The van der Waals surface area contributed by atoms with Crippen LogP contribution in [0.15, 0.2) is 18.3 Å². The van der Waals surface area contributed by atoms with Gasteiger partial charge in [-0.2, -0.15) is 0 Å². The summed E-state index contributed by atoms with van der Waals surface area (Å²) in [5, 5.41) is 0. The second-order valence-corrected chi connectivity index (χ2v) is 5.84. The Bertz CT molecular complexity index is 392. The van der Waals surface area contributed by atoms with Crippen LogP contribution in [0.4, 0.5) is 0 Å². The van der Waals surface area contributed by atoms with Crippen LogP contribution in [0.5, 0.6) is 0 Å². The molecule has 18 heavy (non-hydrogen) atoms. The Morgan fingerprint density at radius 2 is 2.22 bits per heavy atom. The van der Waals surface area contributed by atoms with Crippen molar-refractivity contribution in [1.29, 1.82) is 0 Å². The number of halogens is 1. The lowest BCUT2D eigenvalue weighted by Gasteiger charge is -2.42. The minimum absolute atomic E-state index is 0. The maximum absolute atomic E-state index is 6.16. The molecule has 0 saturated carbocycles. The van der Waals surface area contributed by atoms with Crippen LogP contribution in [-0.4, -0.2) is 29.0 Å². The Morgan fingerprint density at radius 1 is 1.50 bits per heavy atom. The highest BCUT2D eigenvalue weighted by atomic mass is 35.5. The van der Waals surface area contributed by atoms with Crippen molar-refractivity contribution >= 4 is 12.4 Å². The molecule has 1 aromatic heterocycles. The van der Waals surface area contributed by atoms with E-state index in [2.05, 4.69) is 36.7 Å². The third-order valence-corrected chi connectivity index (χ3v) is 3.90. The summed E-state index contributed by atoms with van der Waals surface area (Å²) < 4.78 is 0. The molecule has 1 unspecified atom stereocenters. The zero-order valence-electron chi connectivity index (χ0n) is 11.5. The van der Waals surface area contributed by atoms with E-state index < -0.39 is 0 Å². The van der Waals surface area contributed by atoms with Crippen molar-refractivity contribution in [2.75, 3.05) is 13.1 Å². The molecule has 4 heteroatoms. The number of aromatic nitrogens is 1. The van der Waals surface area contributed by atoms with Gasteiger partial charge in [-0.15, -0.1) is 12.4 Å². The Hall–Kier alpha value is -0.640. The fourth-order valence-electron chi connectivity index (χ4n) is 2.55. The van der Waals surface area contributed by atoms with Crippen LogP contribution in [0.3, 0.4) is 0 Å². The first-order valence-electron chi connectivity index (χ1n) is 6.37. The molecule has 2 heterocycles. The van der Waals surface area contributed by atoms with Gasteiger partial charge in [0.15, 0.2) is 0 Å². The summed E-state index contributed by atoms with van der Waals surface area (Å²) in [6.45, 7) is 9.77. The highest BCUT2D eigenvalue weighted by Crippen LogP contribution is 2.28. The Balaban J connectivity index is 0.00000162. The van der Waals surface area contributed by atoms with Crippen LogP contribution in [0.25, 0.3) is 0 Å². The van der Waals surface area contributed by atoms with Gasteiger partial charge in [0, 0.05) is 37.6 Å². The number of rotatable bonds is 2. The molecule has 1 atom stereocenters. The predicted molar refractivity (Wildman–Crippen MR) is 77.9 cm³/mol. The van der Waals surface area contributed by atoms with Gasteiger partial charge in [0.1, 0.15) is 0 Å². The summed E-state index contributed by atoms with van der Waals surface area (Å²) in [6.07, 6.45) is 2.95. The lowest BCUT2D eigenvalue weighted by atomic mass is 9.79. The first kappa shape index (κ1) is 15.4. The molecular formula is C14H24ClN3. The van der Waals surface area contributed by atoms with Gasteiger partial charge in [0.05, 0.1) is 0 Å². The number of nitrogens with zero attached hydrogens (tertiary/aromatic N) is 2. The number of pyridine rings is 1. The van der Waals surface area contributed by atoms with Crippen LogP contribution >= 0.6 is 12.4 Å². The topological polar surface area (TPSA) is 42.2 Å². The predicted octanol–water partition coefficient (Wildman–Crippen LogP) is 2.37. The van der Waals surface area contributed by atoms with E-state index in [4.69, 9.17) is 5.73 Å². The lowest BCUT2D eigenvalue weighted by Crippen LogP contribution is -2.52. The number of piperidine rings is 1. The molecule has 0 amide bonds. The largest absolute Gasteiger partial charge is 0.327 e. The van der Waals surface area contributed by atoms with Crippen molar-refractivity contribution < 1.29 is 0 Å². The van der Waals surface area contributed by atoms with Gasteiger partial charge in [-0.1, -0.05) is 19.9 Å². The molecule has 1 aromatic rings. The average molecular weight is 270 g/mol. The third-order valence-electron chi connectivity index (χ3n) is 3.90. The first-order chi connectivity index (χ1) is 7.99. The van der Waals surface area contributed by atoms with Crippen LogP contribution < -0.4 is 5.73 Å². The van der Waals surface area contributed by atoms with Gasteiger partial charge in [-0.25, -0.2) is 0 Å². The normalized spacial score (nSPS) is 23.4. The molecular weight excluding hydrogens is 246 g/mol. The van der Waals surface area contributed by atoms with Crippen molar-refractivity contribution in [3.8, 4) is 0 Å². The Labute approximate surface area is 116 Å². The zero-order valence-corrected chi connectivity index (χ0v) is 12.3. The van der Waals surface area contributed by atoms with Crippen LogP contribution in [0, 0.1) is 12.3 Å². The third kappa shape index (κ3) is 3.44. The number of hydrogen-bond acceptors (Lipinski definition) is 3. The fraction of sp³-hybridized carbons (Fsp3) is 0.643. The van der Waals surface area contributed by atoms with E-state index in [0.717, 1.165) is 31.7 Å². The molecule has 2 N–H and O–H groups in total. The lowest BCUT2D eigenvalue weighted by molar-refractivity contribution is 0.0896. The Morgan fingerprint density at radius 3 is 2.83 bits per heavy atom. The molecule has 1 aliphatic heterocycles. The number of likely N-dealkylation sites (tertiary alicyclic amines) is 1. The minimum Gasteiger partial charge on any atom is -0.327 e. The van der Waals surface area contributed by atoms with E-state index in [1.807, 2.05) is 12.3 Å². The van der Waals surface area contributed by atoms with Crippen molar-refractivity contribution in [2.24, 2.45) is 11.1 Å². The van der Waals surface area contributed by atoms with Crippen molar-refractivity contribution in [2.45, 2.75) is 39.8 Å². The van der Waals surface area contributed by atoms with E-state index >= 15 is 0 Å². The quantitative estimate of drug-likeness (QED) is 0.896. The van der Waals surface area contributed by atoms with Crippen LogP contribution in [0.1, 0.15) is 31.5 Å². The molecule has 3 nitrogen and oxygen atoms in total. The molecule has 1 aliphatic rings. The van der Waals surface area contributed by atoms with Crippen molar-refractivity contribution in [3.05, 3.63) is 29.6 Å². The molecule has 0 aromatic carbocycles. The second kappa shape index (κ2) is 6.00. The number of nitrogens with two attached hydrogens (primary N) is 1. The van der Waals surface area contributed by atoms with E-state index in [0.29, 0.717) is 6.04 Å². The van der Waals surface area contributed by atoms with Gasteiger partial charge in [-0.3, -0.25) is 9.88 Å². The monoisotopic (exact) mass is 269 g/mol. The molecule has 0 aliphatic carbocycles. The summed E-state index contributed by atoms with van der Waals surface area (Å²) in [5.41, 5.74) is 8.85. The fourth-order valence-corrected chi connectivity index (χ4v) is 2.55. The van der Waals surface area contributed by atoms with Crippen LogP contribution in [-0.2, 0) is 6.54 Å². The van der Waals surface area contributed by atoms with E-state index in [-0.39, 0.29) is 17.8 Å². The van der Waals surface area contributed by atoms with Crippen LogP contribution in [0.2, 0.25) is 0 Å². The zero-order chi connectivity index (χ0) is 12.5. The van der Waals surface area contributed by atoms with Crippen molar-refractivity contribution in [1.82, 2.24) is 9.88 Å². The van der Waals surface area contributed by atoms with Gasteiger partial charge < -0.3 is 5.73 Å². The van der Waals surface area contributed by atoms with E-state index in [9.17, 15) is 0 Å². The average Bonchev–Trinajstić information content (AvgIpc) is 2.26. The minimum atomic E-state index is 0. The molecule has 0 radical (unpaired) electrons. The highest BCUT2D eigenvalue weighted by molar-refractivity contribution is 5.85. The van der Waals surface area contributed by atoms with Gasteiger partial charge in [0.25, 0.3) is 0 Å². The molecule has 1 saturated heterocycles. The first-order valence-corrected chi connectivity index (χ1v) is 6.37. The SMILES string of the molecule is Cc1ncccc1CN1CCC(N)C(C)(C)C1.Cl. The standard InChI is InChI=1S/C14H23N3.ClH/c1-11-12(5-4-7-16-11)9-17-8-6-13(15)14(2,3)10-17;/h4-5,7,13H,6,8-10,15H2,1-3H3;1H. The summed E-state index contributed by atoms with van der Waals surface area (Å²) >= 11 is 0. The molecule has 1 fully saturated rings. The van der Waals surface area contributed by atoms with Gasteiger partial charge in [0.2, 0.25) is 0 Å². The Kier molecular flexibility index (Phi) is 5.14. The second-order valence-electron chi connectivity index (χ2n) is 5.84. The molecule has 2 rings (SSSR count). The summed E-state index contributed by atoms with van der Waals surface area (Å²) in [6, 6.07) is 4.52. The van der Waals surface area contributed by atoms with E-state index in [1.165, 1.54) is 5.56 Å². The smallest absolute Gasteiger partial charge is 0.0417 e. The van der Waals surface area contributed by atoms with Crippen molar-refractivity contribution in [3.63, 3.8) is 0 Å². The maximum atomic E-state index is 6.16. The van der Waals surface area contributed by atoms with Gasteiger partial charge in [-0.05, 0) is 30.4 Å². The summed E-state index contributed by atoms with van der Waals surface area (Å²) in [4.78, 5) is 6.84. The summed E-state index contributed by atoms with van der Waals surface area (Å²) in [5.74, 6) is 0. The molecule has 102 valence electrons. The number of aryl methyl sites for hydroxylation is 1. The highest BCUT2D eigenvalue weighted by Gasteiger charge is 2.33. The summed E-state index contributed by atoms with van der Waals surface area (Å²) in [7, 11) is 0. The molecule has 0 spiro atoms. The maximum Gasteiger partial charge on any atom is 0.0417 e. The van der Waals surface area contributed by atoms with E-state index in [1.54, 1.807) is 0 Å².